The maximum Gasteiger partial charge on any atom is 0.344 e. The molecule has 0 spiro atoms. The van der Waals surface area contributed by atoms with Crippen LogP contribution in [0.5, 0.6) is 17.2 Å². The predicted molar refractivity (Wildman–Crippen MR) is 97.7 cm³/mol. The quantitative estimate of drug-likeness (QED) is 0.392. The van der Waals surface area contributed by atoms with Crippen LogP contribution in [0.4, 0.5) is 11.4 Å². The molecule has 0 atom stereocenters. The molecule has 0 saturated heterocycles. The Bertz CT molecular complexity index is 851. The van der Waals surface area contributed by atoms with Crippen molar-refractivity contribution in [1.82, 2.24) is 0 Å². The van der Waals surface area contributed by atoms with Crippen LogP contribution in [0.1, 0.15) is 0 Å². The second-order valence-electron chi connectivity index (χ2n) is 5.31. The molecule has 0 aliphatic heterocycles. The molecule has 2 aromatic rings. The molecule has 0 heterocycles. The van der Waals surface area contributed by atoms with E-state index in [0.717, 1.165) is 6.07 Å². The Morgan fingerprint density at radius 2 is 1.68 bits per heavy atom. The van der Waals surface area contributed by atoms with Gasteiger partial charge in [0.25, 0.3) is 11.6 Å². The van der Waals surface area contributed by atoms with Gasteiger partial charge in [-0.05, 0) is 30.3 Å². The van der Waals surface area contributed by atoms with E-state index in [9.17, 15) is 19.7 Å². The summed E-state index contributed by atoms with van der Waals surface area (Å²) in [5.41, 5.74) is -0.131. The van der Waals surface area contributed by atoms with Gasteiger partial charge in [-0.25, -0.2) is 4.79 Å². The zero-order valence-corrected chi connectivity index (χ0v) is 15.2. The van der Waals surface area contributed by atoms with Crippen molar-refractivity contribution in [2.45, 2.75) is 0 Å². The van der Waals surface area contributed by atoms with Crippen LogP contribution in [0.15, 0.2) is 42.5 Å². The molecule has 0 fully saturated rings. The van der Waals surface area contributed by atoms with Crippen molar-refractivity contribution in [1.29, 1.82) is 0 Å². The average Bonchev–Trinajstić information content (AvgIpc) is 2.71. The van der Waals surface area contributed by atoms with E-state index in [1.54, 1.807) is 24.3 Å². The van der Waals surface area contributed by atoms with Crippen LogP contribution >= 0.6 is 0 Å². The van der Waals surface area contributed by atoms with Crippen LogP contribution in [-0.2, 0) is 14.3 Å². The van der Waals surface area contributed by atoms with Crippen molar-refractivity contribution >= 4 is 23.3 Å². The third-order valence-electron chi connectivity index (χ3n) is 3.45. The van der Waals surface area contributed by atoms with E-state index >= 15 is 0 Å². The first-order chi connectivity index (χ1) is 13.4. The topological polar surface area (TPSA) is 126 Å². The smallest absolute Gasteiger partial charge is 0.344 e. The molecular formula is C18H18N2O8. The largest absolute Gasteiger partial charge is 0.497 e. The highest BCUT2D eigenvalue weighted by molar-refractivity contribution is 5.94. The van der Waals surface area contributed by atoms with Gasteiger partial charge in [0.1, 0.15) is 17.2 Å². The lowest BCUT2D eigenvalue weighted by Crippen LogP contribution is -2.23. The molecular weight excluding hydrogens is 372 g/mol. The molecule has 1 amide bonds. The summed E-state index contributed by atoms with van der Waals surface area (Å²) >= 11 is 0. The highest BCUT2D eigenvalue weighted by Gasteiger charge is 2.15. The van der Waals surface area contributed by atoms with Gasteiger partial charge < -0.3 is 24.3 Å². The van der Waals surface area contributed by atoms with E-state index in [-0.39, 0.29) is 23.7 Å². The first-order valence-electron chi connectivity index (χ1n) is 7.97. The monoisotopic (exact) mass is 390 g/mol. The molecule has 0 radical (unpaired) electrons. The molecule has 2 aromatic carbocycles. The Morgan fingerprint density at radius 1 is 1.00 bits per heavy atom. The zero-order valence-electron chi connectivity index (χ0n) is 15.2. The lowest BCUT2D eigenvalue weighted by Gasteiger charge is -2.10. The molecule has 0 unspecified atom stereocenters. The van der Waals surface area contributed by atoms with Crippen molar-refractivity contribution in [3.05, 3.63) is 52.6 Å². The number of nitrogens with zero attached hydrogens (tertiary/aromatic N) is 1. The van der Waals surface area contributed by atoms with Crippen molar-refractivity contribution in [3.63, 3.8) is 0 Å². The van der Waals surface area contributed by atoms with E-state index in [0.29, 0.717) is 11.5 Å². The summed E-state index contributed by atoms with van der Waals surface area (Å²) in [5, 5.41) is 13.2. The molecule has 0 saturated carbocycles. The zero-order chi connectivity index (χ0) is 20.5. The van der Waals surface area contributed by atoms with Crippen LogP contribution in [0.3, 0.4) is 0 Å². The minimum atomic E-state index is -0.753. The summed E-state index contributed by atoms with van der Waals surface area (Å²) in [4.78, 5) is 33.9. The summed E-state index contributed by atoms with van der Waals surface area (Å²) in [6.07, 6.45) is 0. The van der Waals surface area contributed by atoms with Crippen molar-refractivity contribution in [2.75, 3.05) is 32.8 Å². The number of carbonyl (C=O) groups is 2. The second kappa shape index (κ2) is 9.76. The predicted octanol–water partition coefficient (Wildman–Crippen LogP) is 2.17. The van der Waals surface area contributed by atoms with Crippen LogP contribution in [0, 0.1) is 10.1 Å². The van der Waals surface area contributed by atoms with Gasteiger partial charge in [-0.3, -0.25) is 14.9 Å². The fourth-order valence-electron chi connectivity index (χ4n) is 2.10. The van der Waals surface area contributed by atoms with Crippen molar-refractivity contribution < 1.29 is 33.5 Å². The Balaban J connectivity index is 1.83. The number of hydrogen-bond donors (Lipinski definition) is 1. The molecule has 148 valence electrons. The standard InChI is InChI=1S/C18H18N2O8/c1-25-13-4-6-14(7-5-13)27-11-18(22)28-10-17(21)19-15-9-12(20(23)24)3-8-16(15)26-2/h3-9H,10-11H2,1-2H3,(H,19,21). The molecule has 10 heteroatoms. The summed E-state index contributed by atoms with van der Waals surface area (Å²) < 4.78 is 20.1. The Hall–Kier alpha value is -3.82. The van der Waals surface area contributed by atoms with Gasteiger partial charge in [-0.1, -0.05) is 0 Å². The Labute approximate surface area is 160 Å². The van der Waals surface area contributed by atoms with Gasteiger partial charge in [0.05, 0.1) is 24.8 Å². The summed E-state index contributed by atoms with van der Waals surface area (Å²) in [6.45, 7) is -0.976. The Kier molecular flexibility index (Phi) is 7.14. The van der Waals surface area contributed by atoms with Crippen molar-refractivity contribution in [3.8, 4) is 17.2 Å². The second-order valence-corrected chi connectivity index (χ2v) is 5.31. The number of ether oxygens (including phenoxy) is 4. The molecule has 28 heavy (non-hydrogen) atoms. The number of benzene rings is 2. The minimum absolute atomic E-state index is 0.0900. The minimum Gasteiger partial charge on any atom is -0.497 e. The molecule has 10 nitrogen and oxygen atoms in total. The third-order valence-corrected chi connectivity index (χ3v) is 3.45. The van der Waals surface area contributed by atoms with Gasteiger partial charge >= 0.3 is 5.97 Å². The number of nitro benzene ring substituents is 1. The number of non-ortho nitro benzene ring substituents is 1. The SMILES string of the molecule is COc1ccc(OCC(=O)OCC(=O)Nc2cc([N+](=O)[O-])ccc2OC)cc1. The number of hydrogen-bond acceptors (Lipinski definition) is 8. The van der Waals surface area contributed by atoms with E-state index in [1.807, 2.05) is 0 Å². The average molecular weight is 390 g/mol. The highest BCUT2D eigenvalue weighted by atomic mass is 16.6. The number of nitro groups is 1. The van der Waals surface area contributed by atoms with Gasteiger partial charge in [-0.2, -0.15) is 0 Å². The number of rotatable bonds is 9. The van der Waals surface area contributed by atoms with Gasteiger partial charge in [0, 0.05) is 12.1 Å². The number of amides is 1. The van der Waals surface area contributed by atoms with E-state index < -0.39 is 23.4 Å². The lowest BCUT2D eigenvalue weighted by molar-refractivity contribution is -0.384. The van der Waals surface area contributed by atoms with Crippen molar-refractivity contribution in [2.24, 2.45) is 0 Å². The summed E-state index contributed by atoms with van der Waals surface area (Å²) in [5.74, 6) is -0.131. The van der Waals surface area contributed by atoms with E-state index in [4.69, 9.17) is 18.9 Å². The van der Waals surface area contributed by atoms with Crippen LogP contribution < -0.4 is 19.5 Å². The summed E-state index contributed by atoms with van der Waals surface area (Å²) in [7, 11) is 2.88. The fourth-order valence-corrected chi connectivity index (χ4v) is 2.10. The van der Waals surface area contributed by atoms with E-state index in [2.05, 4.69) is 5.32 Å². The molecule has 1 N–H and O–H groups in total. The first kappa shape index (κ1) is 20.5. The van der Waals surface area contributed by atoms with Gasteiger partial charge in [0.2, 0.25) is 0 Å². The molecule has 0 aromatic heterocycles. The first-order valence-corrected chi connectivity index (χ1v) is 7.97. The number of methoxy groups -OCH3 is 2. The van der Waals surface area contributed by atoms with Gasteiger partial charge in [-0.15, -0.1) is 0 Å². The molecule has 0 bridgehead atoms. The Morgan fingerprint density at radius 3 is 2.29 bits per heavy atom. The van der Waals surface area contributed by atoms with Crippen LogP contribution in [-0.4, -0.2) is 44.2 Å². The molecule has 0 aliphatic rings. The van der Waals surface area contributed by atoms with Crippen LogP contribution in [0.2, 0.25) is 0 Å². The molecule has 2 rings (SSSR count). The lowest BCUT2D eigenvalue weighted by atomic mass is 10.2. The fraction of sp³-hybridized carbons (Fsp3) is 0.222. The van der Waals surface area contributed by atoms with Gasteiger partial charge in [0.15, 0.2) is 13.2 Å². The summed E-state index contributed by atoms with van der Waals surface area (Å²) in [6, 6.07) is 10.3. The number of carbonyl (C=O) groups excluding carboxylic acids is 2. The number of anilines is 1. The maximum atomic E-state index is 11.9. The highest BCUT2D eigenvalue weighted by Crippen LogP contribution is 2.28. The number of esters is 1. The molecule has 0 aliphatic carbocycles. The van der Waals surface area contributed by atoms with Crippen LogP contribution in [0.25, 0.3) is 0 Å². The number of nitrogens with one attached hydrogen (secondary N) is 1. The third kappa shape index (κ3) is 5.87. The van der Waals surface area contributed by atoms with E-state index in [1.165, 1.54) is 26.4 Å². The normalized spacial score (nSPS) is 9.93. The maximum absolute atomic E-state index is 11.9.